The smallest absolute Gasteiger partial charge is 0.120 e. The van der Waals surface area contributed by atoms with Crippen molar-refractivity contribution in [3.8, 4) is 0 Å². The van der Waals surface area contributed by atoms with Gasteiger partial charge in [0.1, 0.15) is 11.5 Å². The van der Waals surface area contributed by atoms with Crippen LogP contribution in [0.5, 0.6) is 0 Å². The summed E-state index contributed by atoms with van der Waals surface area (Å²) in [6, 6.07) is 15.3. The van der Waals surface area contributed by atoms with Gasteiger partial charge in [0.05, 0.1) is 6.04 Å². The van der Waals surface area contributed by atoms with E-state index in [1.54, 1.807) is 0 Å². The van der Waals surface area contributed by atoms with Gasteiger partial charge in [-0.2, -0.15) is 0 Å². The Labute approximate surface area is 128 Å². The van der Waals surface area contributed by atoms with E-state index in [4.69, 9.17) is 4.42 Å². The highest BCUT2D eigenvalue weighted by atomic mass is 16.3. The van der Waals surface area contributed by atoms with Gasteiger partial charge in [0.25, 0.3) is 0 Å². The first-order valence-corrected chi connectivity index (χ1v) is 7.72. The summed E-state index contributed by atoms with van der Waals surface area (Å²) >= 11 is 0. The van der Waals surface area contributed by atoms with Crippen molar-refractivity contribution in [2.75, 3.05) is 0 Å². The van der Waals surface area contributed by atoms with Crippen LogP contribution < -0.4 is 5.32 Å². The van der Waals surface area contributed by atoms with Crippen molar-refractivity contribution in [3.05, 3.63) is 59.5 Å². The zero-order chi connectivity index (χ0) is 15.5. The second-order valence-electron chi connectivity index (χ2n) is 7.06. The average Bonchev–Trinajstić information content (AvgIpc) is 2.84. The number of benzene rings is 1. The molecule has 2 nitrogen and oxygen atoms in total. The monoisotopic (exact) mass is 285 g/mol. The highest BCUT2D eigenvalue weighted by Gasteiger charge is 2.22. The minimum Gasteiger partial charge on any atom is -0.465 e. The van der Waals surface area contributed by atoms with Crippen LogP contribution in [0.1, 0.15) is 63.3 Å². The maximum atomic E-state index is 5.75. The summed E-state index contributed by atoms with van der Waals surface area (Å²) in [4.78, 5) is 0. The summed E-state index contributed by atoms with van der Waals surface area (Å²) in [6.45, 7) is 11.0. The first-order chi connectivity index (χ1) is 9.85. The minimum atomic E-state index is 0.200. The van der Waals surface area contributed by atoms with Gasteiger partial charge in [0.15, 0.2) is 0 Å². The molecular weight excluding hydrogens is 258 g/mol. The minimum absolute atomic E-state index is 0.200. The van der Waals surface area contributed by atoms with Crippen molar-refractivity contribution in [2.45, 2.75) is 53.1 Å². The van der Waals surface area contributed by atoms with Crippen molar-refractivity contribution in [1.82, 2.24) is 5.32 Å². The van der Waals surface area contributed by atoms with Gasteiger partial charge in [-0.15, -0.1) is 0 Å². The fourth-order valence-electron chi connectivity index (χ4n) is 2.64. The van der Waals surface area contributed by atoms with Crippen molar-refractivity contribution < 1.29 is 4.42 Å². The van der Waals surface area contributed by atoms with E-state index in [2.05, 4.69) is 69.4 Å². The Bertz CT molecular complexity index is 550. The molecular formula is C19H27NO. The predicted octanol–water partition coefficient (Wildman–Crippen LogP) is 5.42. The van der Waals surface area contributed by atoms with Gasteiger partial charge < -0.3 is 9.73 Å². The summed E-state index contributed by atoms with van der Waals surface area (Å²) < 4.78 is 5.75. The Hall–Kier alpha value is -1.54. The Balaban J connectivity index is 2.16. The lowest BCUT2D eigenvalue weighted by Crippen LogP contribution is -2.28. The van der Waals surface area contributed by atoms with E-state index in [0.717, 1.165) is 17.9 Å². The van der Waals surface area contributed by atoms with Gasteiger partial charge in [-0.25, -0.2) is 0 Å². The Morgan fingerprint density at radius 1 is 1.05 bits per heavy atom. The largest absolute Gasteiger partial charge is 0.465 e. The third kappa shape index (κ3) is 4.75. The zero-order valence-corrected chi connectivity index (χ0v) is 13.8. The lowest BCUT2D eigenvalue weighted by molar-refractivity contribution is 0.285. The molecule has 2 heteroatoms. The first kappa shape index (κ1) is 15.8. The summed E-state index contributed by atoms with van der Waals surface area (Å²) in [5, 5.41) is 3.73. The molecule has 0 aliphatic carbocycles. The first-order valence-electron chi connectivity index (χ1n) is 7.72. The highest BCUT2D eigenvalue weighted by Crippen LogP contribution is 2.31. The third-order valence-electron chi connectivity index (χ3n) is 3.66. The lowest BCUT2D eigenvalue weighted by Gasteiger charge is -2.29. The number of hydrogen-bond acceptors (Lipinski definition) is 2. The molecule has 0 saturated heterocycles. The molecule has 114 valence electrons. The van der Waals surface area contributed by atoms with Gasteiger partial charge in [-0.1, -0.05) is 51.1 Å². The second-order valence-corrected chi connectivity index (χ2v) is 7.06. The van der Waals surface area contributed by atoms with Crippen molar-refractivity contribution in [1.29, 1.82) is 0 Å². The van der Waals surface area contributed by atoms with Crippen molar-refractivity contribution in [2.24, 2.45) is 5.41 Å². The normalized spacial score (nSPS) is 14.9. The molecule has 1 aromatic carbocycles. The van der Waals surface area contributed by atoms with Crippen LogP contribution >= 0.6 is 0 Å². The highest BCUT2D eigenvalue weighted by molar-refractivity contribution is 5.20. The molecule has 0 spiro atoms. The number of hydrogen-bond donors (Lipinski definition) is 1. The van der Waals surface area contributed by atoms with Gasteiger partial charge in [0.2, 0.25) is 0 Å². The van der Waals surface area contributed by atoms with E-state index in [9.17, 15) is 0 Å². The third-order valence-corrected chi connectivity index (χ3v) is 3.66. The number of rotatable bonds is 5. The van der Waals surface area contributed by atoms with E-state index in [-0.39, 0.29) is 11.5 Å². The second kappa shape index (κ2) is 6.48. The summed E-state index contributed by atoms with van der Waals surface area (Å²) in [5.41, 5.74) is 1.61. The summed E-state index contributed by atoms with van der Waals surface area (Å²) in [5.74, 6) is 1.97. The molecule has 2 unspecified atom stereocenters. The summed E-state index contributed by atoms with van der Waals surface area (Å²) in [7, 11) is 0. The standard InChI is InChI=1S/C19H27NO/c1-14-11-12-18(21-14)15(2)20-17(13-19(3,4)5)16-9-7-6-8-10-16/h6-12,15,17,20H,13H2,1-5H3. The predicted molar refractivity (Wildman–Crippen MR) is 88.3 cm³/mol. The molecule has 1 heterocycles. The van der Waals surface area contributed by atoms with Crippen LogP contribution in [-0.4, -0.2) is 0 Å². The van der Waals surface area contributed by atoms with E-state index < -0.39 is 0 Å². The molecule has 0 saturated carbocycles. The topological polar surface area (TPSA) is 25.2 Å². The maximum absolute atomic E-state index is 5.75. The van der Waals surface area contributed by atoms with Gasteiger partial charge in [-0.3, -0.25) is 0 Å². The number of nitrogens with one attached hydrogen (secondary N) is 1. The van der Waals surface area contributed by atoms with Crippen LogP contribution in [0.4, 0.5) is 0 Å². The van der Waals surface area contributed by atoms with Crippen LogP contribution in [-0.2, 0) is 0 Å². The Morgan fingerprint density at radius 3 is 2.24 bits per heavy atom. The van der Waals surface area contributed by atoms with Gasteiger partial charge in [-0.05, 0) is 43.4 Å². The molecule has 0 radical (unpaired) electrons. The van der Waals surface area contributed by atoms with Crippen molar-refractivity contribution >= 4 is 0 Å². The summed E-state index contributed by atoms with van der Waals surface area (Å²) in [6.07, 6.45) is 1.08. The van der Waals surface area contributed by atoms with E-state index >= 15 is 0 Å². The molecule has 0 bridgehead atoms. The fraction of sp³-hybridized carbons (Fsp3) is 0.474. The van der Waals surface area contributed by atoms with Gasteiger partial charge >= 0.3 is 0 Å². The number of aryl methyl sites for hydroxylation is 1. The Morgan fingerprint density at radius 2 is 1.71 bits per heavy atom. The van der Waals surface area contributed by atoms with Crippen LogP contribution in [0.3, 0.4) is 0 Å². The molecule has 0 fully saturated rings. The molecule has 2 atom stereocenters. The van der Waals surface area contributed by atoms with Crippen LogP contribution in [0.2, 0.25) is 0 Å². The van der Waals surface area contributed by atoms with Crippen molar-refractivity contribution in [3.63, 3.8) is 0 Å². The molecule has 2 rings (SSSR count). The fourth-order valence-corrected chi connectivity index (χ4v) is 2.64. The van der Waals surface area contributed by atoms with Crippen LogP contribution in [0.25, 0.3) is 0 Å². The molecule has 21 heavy (non-hydrogen) atoms. The average molecular weight is 285 g/mol. The molecule has 0 aliphatic heterocycles. The van der Waals surface area contributed by atoms with Crippen LogP contribution in [0, 0.1) is 12.3 Å². The molecule has 0 aliphatic rings. The van der Waals surface area contributed by atoms with E-state index in [0.29, 0.717) is 6.04 Å². The van der Waals surface area contributed by atoms with Crippen LogP contribution in [0.15, 0.2) is 46.9 Å². The van der Waals surface area contributed by atoms with E-state index in [1.165, 1.54) is 5.56 Å². The molecule has 0 amide bonds. The zero-order valence-electron chi connectivity index (χ0n) is 13.8. The maximum Gasteiger partial charge on any atom is 0.120 e. The lowest BCUT2D eigenvalue weighted by atomic mass is 9.85. The SMILES string of the molecule is Cc1ccc(C(C)NC(CC(C)(C)C)c2ccccc2)o1. The molecule has 1 N–H and O–H groups in total. The van der Waals surface area contributed by atoms with Gasteiger partial charge in [0, 0.05) is 6.04 Å². The Kier molecular flexibility index (Phi) is 4.89. The molecule has 1 aromatic heterocycles. The quantitative estimate of drug-likeness (QED) is 0.794. The molecule has 2 aromatic rings. The number of furan rings is 1. The van der Waals surface area contributed by atoms with E-state index in [1.807, 2.05) is 13.0 Å².